The molecule has 2 atom stereocenters. The van der Waals surface area contributed by atoms with E-state index in [4.69, 9.17) is 0 Å². The van der Waals surface area contributed by atoms with Gasteiger partial charge < -0.3 is 9.47 Å². The first-order valence-corrected chi connectivity index (χ1v) is 15.5. The van der Waals surface area contributed by atoms with Gasteiger partial charge in [0.05, 0.1) is 23.4 Å². The summed E-state index contributed by atoms with van der Waals surface area (Å²) in [5.41, 5.74) is 13.9. The highest BCUT2D eigenvalue weighted by Gasteiger charge is 2.43. The smallest absolute Gasteiger partial charge is 0.0722 e. The van der Waals surface area contributed by atoms with Crippen molar-refractivity contribution in [3.05, 3.63) is 168 Å². The summed E-state index contributed by atoms with van der Waals surface area (Å²) in [4.78, 5) is 7.21. The Morgan fingerprint density at radius 1 is 0.727 bits per heavy atom. The Kier molecular flexibility index (Phi) is 5.77. The van der Waals surface area contributed by atoms with Crippen LogP contribution in [0.2, 0.25) is 0 Å². The fraction of sp³-hybridized carbons (Fsp3) is 0.0976. The molecule has 3 nitrogen and oxygen atoms in total. The van der Waals surface area contributed by atoms with Gasteiger partial charge in [-0.15, -0.1) is 0 Å². The molecule has 2 aliphatic carbocycles. The van der Waals surface area contributed by atoms with Gasteiger partial charge in [-0.2, -0.15) is 0 Å². The fourth-order valence-corrected chi connectivity index (χ4v) is 7.57. The number of hydrogen-bond donors (Lipinski definition) is 0. The zero-order valence-corrected chi connectivity index (χ0v) is 24.3. The third-order valence-corrected chi connectivity index (χ3v) is 9.48. The van der Waals surface area contributed by atoms with E-state index in [1.165, 1.54) is 61.5 Å². The SMILES string of the molecule is C1=CCCC(c2cc(-c3ccccc3)cc(-n3c4c(c5ccncc53)C3[C@H](C=C4)c4ccccc4N3c3ccccc3)c2)=C1. The van der Waals surface area contributed by atoms with Gasteiger partial charge in [0.25, 0.3) is 0 Å². The van der Waals surface area contributed by atoms with Crippen LogP contribution >= 0.6 is 0 Å². The third-order valence-electron chi connectivity index (χ3n) is 9.48. The molecule has 0 fully saturated rings. The monoisotopic (exact) mass is 565 g/mol. The standard InChI is InChI=1S/C41H31N3/c1-4-12-28(13-5-1)30-24-31(29-14-6-2-7-15-29)26-33(25-30)43-38-21-20-35-34-18-10-11-19-37(34)44(32-16-8-3-9-17-32)41(35)40(38)36-22-23-42-27-39(36)43/h1-6,8-14,16-27,35,41H,7,15H2/t35-,41?/m1/s1. The summed E-state index contributed by atoms with van der Waals surface area (Å²) < 4.78 is 2.45. The van der Waals surface area contributed by atoms with Gasteiger partial charge in [-0.05, 0) is 89.2 Å². The second-order valence-electron chi connectivity index (χ2n) is 11.9. The van der Waals surface area contributed by atoms with Gasteiger partial charge in [-0.1, -0.05) is 91.0 Å². The number of rotatable bonds is 4. The maximum absolute atomic E-state index is 4.66. The number of fused-ring (bicyclic) bond motifs is 7. The molecule has 4 aromatic carbocycles. The molecule has 0 N–H and O–H groups in total. The van der Waals surface area contributed by atoms with Crippen LogP contribution in [0.25, 0.3) is 39.4 Å². The van der Waals surface area contributed by atoms with Gasteiger partial charge in [0.2, 0.25) is 0 Å². The largest absolute Gasteiger partial charge is 0.333 e. The normalized spacial score (nSPS) is 18.2. The number of hydrogen-bond acceptors (Lipinski definition) is 2. The van der Waals surface area contributed by atoms with Crippen molar-refractivity contribution in [1.29, 1.82) is 0 Å². The van der Waals surface area contributed by atoms with E-state index in [0.29, 0.717) is 0 Å². The van der Waals surface area contributed by atoms with Crippen LogP contribution in [0, 0.1) is 0 Å². The Morgan fingerprint density at radius 2 is 1.52 bits per heavy atom. The van der Waals surface area contributed by atoms with Crippen LogP contribution < -0.4 is 4.90 Å². The average molecular weight is 566 g/mol. The topological polar surface area (TPSA) is 21.1 Å². The van der Waals surface area contributed by atoms with Crippen molar-refractivity contribution in [3.63, 3.8) is 0 Å². The molecule has 0 bridgehead atoms. The molecule has 3 heterocycles. The lowest BCUT2D eigenvalue weighted by Crippen LogP contribution is -2.24. The predicted molar refractivity (Wildman–Crippen MR) is 182 cm³/mol. The summed E-state index contributed by atoms with van der Waals surface area (Å²) in [7, 11) is 0. The number of pyridine rings is 1. The summed E-state index contributed by atoms with van der Waals surface area (Å²) in [5, 5.41) is 1.26. The van der Waals surface area contributed by atoms with Crippen LogP contribution in [-0.2, 0) is 0 Å². The average Bonchev–Trinajstić information content (AvgIpc) is 3.62. The Balaban J connectivity index is 1.31. The number of aromatic nitrogens is 2. The maximum atomic E-state index is 4.66. The van der Waals surface area contributed by atoms with Gasteiger partial charge in [0.15, 0.2) is 0 Å². The summed E-state index contributed by atoms with van der Waals surface area (Å²) >= 11 is 0. The van der Waals surface area contributed by atoms with Crippen molar-refractivity contribution < 1.29 is 0 Å². The van der Waals surface area contributed by atoms with E-state index in [1.54, 1.807) is 0 Å². The zero-order chi connectivity index (χ0) is 29.0. The van der Waals surface area contributed by atoms with Crippen molar-refractivity contribution >= 4 is 33.9 Å². The van der Waals surface area contributed by atoms with Gasteiger partial charge in [0, 0.05) is 40.1 Å². The van der Waals surface area contributed by atoms with E-state index < -0.39 is 0 Å². The Hall–Kier alpha value is -5.41. The Morgan fingerprint density at radius 3 is 2.36 bits per heavy atom. The minimum absolute atomic E-state index is 0.143. The zero-order valence-electron chi connectivity index (χ0n) is 24.3. The molecule has 44 heavy (non-hydrogen) atoms. The number of para-hydroxylation sites is 2. The fourth-order valence-electron chi connectivity index (χ4n) is 7.57. The van der Waals surface area contributed by atoms with Crippen molar-refractivity contribution in [2.45, 2.75) is 24.8 Å². The van der Waals surface area contributed by atoms with Crippen molar-refractivity contribution in [3.8, 4) is 16.8 Å². The van der Waals surface area contributed by atoms with Gasteiger partial charge in [-0.3, -0.25) is 4.98 Å². The highest BCUT2D eigenvalue weighted by Crippen LogP contribution is 2.57. The minimum Gasteiger partial charge on any atom is -0.333 e. The maximum Gasteiger partial charge on any atom is 0.0722 e. The second kappa shape index (κ2) is 10.1. The van der Waals surface area contributed by atoms with Crippen molar-refractivity contribution in [2.24, 2.45) is 0 Å². The van der Waals surface area contributed by atoms with Crippen molar-refractivity contribution in [2.75, 3.05) is 4.90 Å². The molecule has 210 valence electrons. The van der Waals surface area contributed by atoms with Gasteiger partial charge >= 0.3 is 0 Å². The highest BCUT2D eigenvalue weighted by molar-refractivity contribution is 5.94. The number of anilines is 2. The summed E-state index contributed by atoms with van der Waals surface area (Å²) in [5.74, 6) is 0.261. The highest BCUT2D eigenvalue weighted by atomic mass is 15.2. The lowest BCUT2D eigenvalue weighted by molar-refractivity contribution is 0.669. The lowest BCUT2D eigenvalue weighted by Gasteiger charge is -2.32. The molecule has 0 saturated carbocycles. The van der Waals surface area contributed by atoms with Crippen LogP contribution in [-0.4, -0.2) is 9.55 Å². The molecule has 3 aliphatic rings. The van der Waals surface area contributed by atoms with E-state index in [9.17, 15) is 0 Å². The van der Waals surface area contributed by atoms with Gasteiger partial charge in [-0.25, -0.2) is 0 Å². The number of benzene rings is 4. The van der Waals surface area contributed by atoms with Crippen LogP contribution in [0.3, 0.4) is 0 Å². The molecule has 9 rings (SSSR count). The van der Waals surface area contributed by atoms with Crippen LogP contribution in [0.5, 0.6) is 0 Å². The summed E-state index contributed by atoms with van der Waals surface area (Å²) in [6, 6.07) is 40.0. The second-order valence-corrected chi connectivity index (χ2v) is 11.9. The van der Waals surface area contributed by atoms with Crippen LogP contribution in [0.1, 0.15) is 47.2 Å². The molecular formula is C41H31N3. The summed E-state index contributed by atoms with van der Waals surface area (Å²) in [6.45, 7) is 0. The minimum atomic E-state index is 0.143. The summed E-state index contributed by atoms with van der Waals surface area (Å²) in [6.07, 6.45) is 17.6. The van der Waals surface area contributed by atoms with Crippen LogP contribution in [0.4, 0.5) is 11.4 Å². The van der Waals surface area contributed by atoms with E-state index >= 15 is 0 Å². The molecule has 3 heteroatoms. The van der Waals surface area contributed by atoms with E-state index in [2.05, 4.69) is 154 Å². The van der Waals surface area contributed by atoms with Crippen LogP contribution in [0.15, 0.2) is 146 Å². The molecule has 0 saturated heterocycles. The molecule has 0 amide bonds. The Bertz CT molecular complexity index is 2130. The molecular weight excluding hydrogens is 534 g/mol. The molecule has 1 unspecified atom stereocenters. The first-order valence-electron chi connectivity index (χ1n) is 15.5. The van der Waals surface area contributed by atoms with E-state index in [1.807, 2.05) is 12.4 Å². The first kappa shape index (κ1) is 25.1. The van der Waals surface area contributed by atoms with Gasteiger partial charge in [0.1, 0.15) is 0 Å². The van der Waals surface area contributed by atoms with Crippen molar-refractivity contribution in [1.82, 2.24) is 9.55 Å². The molecule has 1 aliphatic heterocycles. The third kappa shape index (κ3) is 3.86. The quantitative estimate of drug-likeness (QED) is 0.212. The number of allylic oxidation sites excluding steroid dienone is 4. The predicted octanol–water partition coefficient (Wildman–Crippen LogP) is 10.4. The van der Waals surface area contributed by atoms with E-state index in [-0.39, 0.29) is 12.0 Å². The first-order chi connectivity index (χ1) is 21.8. The number of nitrogens with zero attached hydrogens (tertiary/aromatic N) is 3. The Labute approximate surface area is 257 Å². The van der Waals surface area contributed by atoms with E-state index in [0.717, 1.165) is 18.4 Å². The molecule has 0 spiro atoms. The lowest BCUT2D eigenvalue weighted by atomic mass is 9.84. The molecule has 2 aromatic heterocycles. The molecule has 6 aromatic rings. The molecule has 0 radical (unpaired) electrons.